The summed E-state index contributed by atoms with van der Waals surface area (Å²) in [5.74, 6) is -0.920. The molecule has 0 radical (unpaired) electrons. The number of para-hydroxylation sites is 1. The molecule has 0 unspecified atom stereocenters. The van der Waals surface area contributed by atoms with Gasteiger partial charge in [0.15, 0.2) is 6.61 Å². The number of hydrogen-bond acceptors (Lipinski definition) is 4. The van der Waals surface area contributed by atoms with Crippen molar-refractivity contribution in [3.8, 4) is 0 Å². The van der Waals surface area contributed by atoms with Crippen molar-refractivity contribution >= 4 is 22.8 Å². The van der Waals surface area contributed by atoms with Crippen molar-refractivity contribution in [1.82, 2.24) is 4.98 Å². The highest BCUT2D eigenvalue weighted by molar-refractivity contribution is 5.83. The topological polar surface area (TPSA) is 68.4 Å². The summed E-state index contributed by atoms with van der Waals surface area (Å²) in [4.78, 5) is 25.7. The zero-order valence-corrected chi connectivity index (χ0v) is 11.3. The quantitative estimate of drug-likeness (QED) is 0.821. The Morgan fingerprint density at radius 1 is 1.15 bits per heavy atom. The molecule has 1 heterocycles. The molecule has 0 aliphatic heterocycles. The van der Waals surface area contributed by atoms with Crippen molar-refractivity contribution in [2.75, 3.05) is 13.2 Å². The average molecular weight is 275 g/mol. The van der Waals surface area contributed by atoms with Gasteiger partial charge >= 0.3 is 11.9 Å². The first-order chi connectivity index (χ1) is 9.70. The lowest BCUT2D eigenvalue weighted by Crippen LogP contribution is -2.16. The van der Waals surface area contributed by atoms with Gasteiger partial charge in [-0.15, -0.1) is 0 Å². The largest absolute Gasteiger partial charge is 0.463 e. The number of carbonyl (C=O) groups is 2. The molecule has 0 amide bonds. The zero-order valence-electron chi connectivity index (χ0n) is 11.3. The predicted octanol–water partition coefficient (Wildman–Crippen LogP) is 2.21. The number of nitrogens with one attached hydrogen (secondary N) is 1. The van der Waals surface area contributed by atoms with Gasteiger partial charge in [-0.1, -0.05) is 18.2 Å². The number of ether oxygens (including phenoxy) is 2. The highest BCUT2D eigenvalue weighted by Gasteiger charge is 2.10. The summed E-state index contributed by atoms with van der Waals surface area (Å²) in [7, 11) is 0. The molecule has 0 atom stereocenters. The van der Waals surface area contributed by atoms with Crippen LogP contribution in [-0.4, -0.2) is 30.1 Å². The van der Waals surface area contributed by atoms with Gasteiger partial charge in [-0.05, 0) is 25.0 Å². The van der Waals surface area contributed by atoms with Crippen LogP contribution in [0.15, 0.2) is 30.5 Å². The van der Waals surface area contributed by atoms with E-state index in [1.165, 1.54) is 0 Å². The summed E-state index contributed by atoms with van der Waals surface area (Å²) in [5.41, 5.74) is 2.11. The number of H-pyrrole nitrogens is 1. The number of hydrogen-bond donors (Lipinski definition) is 1. The molecule has 5 nitrogen and oxygen atoms in total. The Balaban J connectivity index is 1.83. The van der Waals surface area contributed by atoms with E-state index in [4.69, 9.17) is 4.74 Å². The van der Waals surface area contributed by atoms with Crippen LogP contribution in [0.1, 0.15) is 18.9 Å². The third-order valence-corrected chi connectivity index (χ3v) is 2.93. The van der Waals surface area contributed by atoms with Crippen LogP contribution in [0.5, 0.6) is 0 Å². The van der Waals surface area contributed by atoms with Gasteiger partial charge in [0, 0.05) is 23.5 Å². The first-order valence-corrected chi connectivity index (χ1v) is 6.57. The Kier molecular flexibility index (Phi) is 4.76. The molecule has 0 fully saturated rings. The second-order valence-corrected chi connectivity index (χ2v) is 4.33. The molecule has 2 aromatic rings. The first kappa shape index (κ1) is 14.1. The van der Waals surface area contributed by atoms with Gasteiger partial charge < -0.3 is 14.5 Å². The first-order valence-electron chi connectivity index (χ1n) is 6.57. The molecular weight excluding hydrogens is 258 g/mol. The zero-order chi connectivity index (χ0) is 14.4. The number of aromatic amines is 1. The molecule has 0 bridgehead atoms. The van der Waals surface area contributed by atoms with Crippen LogP contribution < -0.4 is 0 Å². The van der Waals surface area contributed by atoms with E-state index in [1.54, 1.807) is 6.92 Å². The van der Waals surface area contributed by atoms with Crippen LogP contribution in [0.4, 0.5) is 0 Å². The Hall–Kier alpha value is -2.30. The minimum atomic E-state index is -0.520. The minimum Gasteiger partial charge on any atom is -0.463 e. The smallest absolute Gasteiger partial charge is 0.344 e. The Labute approximate surface area is 116 Å². The van der Waals surface area contributed by atoms with Crippen molar-refractivity contribution in [1.29, 1.82) is 0 Å². The molecule has 2 rings (SSSR count). The molecule has 1 N–H and O–H groups in total. The number of esters is 2. The molecule has 1 aromatic carbocycles. The molecule has 20 heavy (non-hydrogen) atoms. The van der Waals surface area contributed by atoms with Crippen molar-refractivity contribution in [2.45, 2.75) is 19.8 Å². The maximum Gasteiger partial charge on any atom is 0.344 e. The summed E-state index contributed by atoms with van der Waals surface area (Å²) in [6.07, 6.45) is 2.70. The Bertz CT molecular complexity index is 603. The van der Waals surface area contributed by atoms with Crippen LogP contribution in [0, 0.1) is 0 Å². The molecule has 5 heteroatoms. The number of carbonyl (C=O) groups excluding carboxylic acids is 2. The molecule has 0 saturated carbocycles. The number of benzene rings is 1. The van der Waals surface area contributed by atoms with E-state index in [0.29, 0.717) is 6.42 Å². The van der Waals surface area contributed by atoms with Gasteiger partial charge in [0.05, 0.1) is 6.61 Å². The molecule has 0 spiro atoms. The summed E-state index contributed by atoms with van der Waals surface area (Å²) in [6.45, 7) is 1.67. The van der Waals surface area contributed by atoms with Crippen molar-refractivity contribution in [2.24, 2.45) is 0 Å². The third kappa shape index (κ3) is 3.60. The van der Waals surface area contributed by atoms with E-state index in [1.807, 2.05) is 30.5 Å². The van der Waals surface area contributed by atoms with Gasteiger partial charge in [-0.2, -0.15) is 0 Å². The van der Waals surface area contributed by atoms with Crippen LogP contribution >= 0.6 is 0 Å². The fourth-order valence-corrected chi connectivity index (χ4v) is 1.99. The lowest BCUT2D eigenvalue weighted by atomic mass is 10.1. The third-order valence-electron chi connectivity index (χ3n) is 2.93. The van der Waals surface area contributed by atoms with Crippen molar-refractivity contribution < 1.29 is 19.1 Å². The lowest BCUT2D eigenvalue weighted by Gasteiger charge is -2.04. The SMILES string of the molecule is CCOC(=O)COC(=O)CCc1c[nH]c2ccccc12. The average Bonchev–Trinajstić information content (AvgIpc) is 2.86. The fraction of sp³-hybridized carbons (Fsp3) is 0.333. The number of aryl methyl sites for hydroxylation is 1. The number of rotatable bonds is 6. The lowest BCUT2D eigenvalue weighted by molar-refractivity contribution is -0.158. The van der Waals surface area contributed by atoms with Gasteiger partial charge in [-0.3, -0.25) is 4.79 Å². The van der Waals surface area contributed by atoms with E-state index >= 15 is 0 Å². The Morgan fingerprint density at radius 2 is 1.95 bits per heavy atom. The molecule has 0 saturated heterocycles. The molecule has 106 valence electrons. The van der Waals surface area contributed by atoms with Gasteiger partial charge in [0.2, 0.25) is 0 Å². The Morgan fingerprint density at radius 3 is 2.75 bits per heavy atom. The maximum atomic E-state index is 11.5. The minimum absolute atomic E-state index is 0.237. The normalized spacial score (nSPS) is 10.4. The van der Waals surface area contributed by atoms with Crippen molar-refractivity contribution in [3.63, 3.8) is 0 Å². The van der Waals surface area contributed by atoms with Crippen LogP contribution in [-0.2, 0) is 25.5 Å². The van der Waals surface area contributed by atoms with Gasteiger partial charge in [-0.25, -0.2) is 4.79 Å². The molecule has 1 aromatic heterocycles. The van der Waals surface area contributed by atoms with E-state index in [2.05, 4.69) is 9.72 Å². The molecule has 0 aliphatic rings. The molecule has 0 aliphatic carbocycles. The summed E-state index contributed by atoms with van der Waals surface area (Å²) in [5, 5.41) is 1.10. The van der Waals surface area contributed by atoms with E-state index < -0.39 is 11.9 Å². The van der Waals surface area contributed by atoms with Crippen LogP contribution in [0.2, 0.25) is 0 Å². The van der Waals surface area contributed by atoms with Gasteiger partial charge in [0.25, 0.3) is 0 Å². The van der Waals surface area contributed by atoms with E-state index in [0.717, 1.165) is 16.5 Å². The highest BCUT2D eigenvalue weighted by atomic mass is 16.6. The molecular formula is C15H17NO4. The van der Waals surface area contributed by atoms with E-state index in [9.17, 15) is 9.59 Å². The van der Waals surface area contributed by atoms with Crippen molar-refractivity contribution in [3.05, 3.63) is 36.0 Å². The maximum absolute atomic E-state index is 11.5. The summed E-state index contributed by atoms with van der Waals surface area (Å²) >= 11 is 0. The van der Waals surface area contributed by atoms with Crippen LogP contribution in [0.3, 0.4) is 0 Å². The standard InChI is InChI=1S/C15H17NO4/c1-2-19-15(18)10-20-14(17)8-7-11-9-16-13-6-4-3-5-12(11)13/h3-6,9,16H,2,7-8,10H2,1H3. The summed E-state index contributed by atoms with van der Waals surface area (Å²) in [6, 6.07) is 7.90. The fourth-order valence-electron chi connectivity index (χ4n) is 1.99. The predicted molar refractivity (Wildman–Crippen MR) is 74.2 cm³/mol. The number of aromatic nitrogens is 1. The summed E-state index contributed by atoms with van der Waals surface area (Å²) < 4.78 is 9.52. The number of fused-ring (bicyclic) bond motifs is 1. The highest BCUT2D eigenvalue weighted by Crippen LogP contribution is 2.18. The van der Waals surface area contributed by atoms with E-state index in [-0.39, 0.29) is 19.6 Å². The second kappa shape index (κ2) is 6.75. The monoisotopic (exact) mass is 275 g/mol. The van der Waals surface area contributed by atoms with Gasteiger partial charge in [0.1, 0.15) is 0 Å². The second-order valence-electron chi connectivity index (χ2n) is 4.33. The van der Waals surface area contributed by atoms with Crippen LogP contribution in [0.25, 0.3) is 10.9 Å².